The van der Waals surface area contributed by atoms with Crippen LogP contribution in [0.3, 0.4) is 0 Å². The Morgan fingerprint density at radius 3 is 2.28 bits per heavy atom. The maximum Gasteiger partial charge on any atom is 0.270 e. The summed E-state index contributed by atoms with van der Waals surface area (Å²) >= 11 is 0. The van der Waals surface area contributed by atoms with Gasteiger partial charge in [-0.25, -0.2) is 8.78 Å². The Hall–Kier alpha value is -2.87. The lowest BCUT2D eigenvalue weighted by Crippen LogP contribution is -2.38. The number of aromatic nitrogens is 2. The summed E-state index contributed by atoms with van der Waals surface area (Å²) in [6, 6.07) is 7.06. The third-order valence-corrected chi connectivity index (χ3v) is 4.82. The molecule has 0 unspecified atom stereocenters. The van der Waals surface area contributed by atoms with Crippen molar-refractivity contribution in [2.45, 2.75) is 31.7 Å². The molecule has 1 amide bonds. The van der Waals surface area contributed by atoms with E-state index in [2.05, 4.69) is 17.4 Å². The van der Waals surface area contributed by atoms with Gasteiger partial charge in [0.05, 0.1) is 6.04 Å². The minimum atomic E-state index is -2.94. The number of carbonyl (C=O) groups excluding carboxylic acids is 2. The molecule has 29 heavy (non-hydrogen) atoms. The van der Waals surface area contributed by atoms with Gasteiger partial charge in [-0.05, 0) is 32.0 Å². The van der Waals surface area contributed by atoms with Gasteiger partial charge in [0, 0.05) is 37.3 Å². The van der Waals surface area contributed by atoms with Crippen molar-refractivity contribution in [2.24, 2.45) is 5.73 Å². The monoisotopic (exact) mass is 404 g/mol. The van der Waals surface area contributed by atoms with Crippen LogP contribution in [0.15, 0.2) is 49.2 Å². The molecule has 156 valence electrons. The van der Waals surface area contributed by atoms with E-state index in [1.807, 2.05) is 0 Å². The van der Waals surface area contributed by atoms with Gasteiger partial charge in [0.2, 0.25) is 11.7 Å². The molecule has 1 saturated heterocycles. The maximum absolute atomic E-state index is 13.3. The van der Waals surface area contributed by atoms with Gasteiger partial charge in [-0.3, -0.25) is 14.3 Å². The number of rotatable bonds is 5. The molecule has 0 aliphatic carbocycles. The lowest BCUT2D eigenvalue weighted by atomic mass is 10.0. The van der Waals surface area contributed by atoms with Crippen molar-refractivity contribution < 1.29 is 18.4 Å². The Kier molecular flexibility index (Phi) is 7.39. The van der Waals surface area contributed by atoms with E-state index in [1.165, 1.54) is 37.4 Å². The molecule has 2 N–H and O–H groups in total. The van der Waals surface area contributed by atoms with Crippen molar-refractivity contribution in [2.75, 3.05) is 20.1 Å². The number of benzene rings is 1. The normalized spacial score (nSPS) is 14.7. The summed E-state index contributed by atoms with van der Waals surface area (Å²) in [7, 11) is 1.50. The summed E-state index contributed by atoms with van der Waals surface area (Å²) in [4.78, 5) is 25.9. The molecule has 0 spiro atoms. The summed E-state index contributed by atoms with van der Waals surface area (Å²) in [5.41, 5.74) is 4.96. The number of nitrogens with two attached hydrogens (primary N) is 1. The first-order valence-corrected chi connectivity index (χ1v) is 9.37. The SMILES string of the molecule is C=CC(=O)N1CCC(n2ccc(C(=O)c3ccc(C(C)(F)F)cc3)n2)CC1.CN. The van der Waals surface area contributed by atoms with Gasteiger partial charge >= 0.3 is 0 Å². The van der Waals surface area contributed by atoms with Crippen LogP contribution in [0.4, 0.5) is 8.78 Å². The van der Waals surface area contributed by atoms with Crippen LogP contribution >= 0.6 is 0 Å². The Bertz CT molecular complexity index is 848. The zero-order valence-electron chi connectivity index (χ0n) is 16.6. The van der Waals surface area contributed by atoms with Crippen molar-refractivity contribution in [1.29, 1.82) is 0 Å². The molecule has 0 atom stereocenters. The number of ketones is 1. The topological polar surface area (TPSA) is 81.2 Å². The molecule has 1 aliphatic rings. The average Bonchev–Trinajstić information content (AvgIpc) is 3.24. The first kappa shape index (κ1) is 22.4. The van der Waals surface area contributed by atoms with Crippen LogP contribution in [0.25, 0.3) is 0 Å². The number of amides is 1. The third-order valence-electron chi connectivity index (χ3n) is 4.82. The third kappa shape index (κ3) is 5.35. The van der Waals surface area contributed by atoms with E-state index < -0.39 is 5.92 Å². The zero-order valence-corrected chi connectivity index (χ0v) is 16.6. The molecule has 0 bridgehead atoms. The van der Waals surface area contributed by atoms with Crippen LogP contribution in [0.5, 0.6) is 0 Å². The highest BCUT2D eigenvalue weighted by Gasteiger charge is 2.26. The number of hydrogen-bond acceptors (Lipinski definition) is 4. The minimum absolute atomic E-state index is 0.0779. The molecule has 1 aromatic heterocycles. The van der Waals surface area contributed by atoms with E-state index in [1.54, 1.807) is 21.8 Å². The molecule has 2 heterocycles. The Labute approximate surface area is 169 Å². The van der Waals surface area contributed by atoms with Crippen molar-refractivity contribution >= 4 is 11.7 Å². The molecule has 1 fully saturated rings. The highest BCUT2D eigenvalue weighted by Crippen LogP contribution is 2.27. The fraction of sp³-hybridized carbons (Fsp3) is 0.381. The number of alkyl halides is 2. The van der Waals surface area contributed by atoms with Crippen LogP contribution in [-0.4, -0.2) is 46.5 Å². The second kappa shape index (κ2) is 9.56. The van der Waals surface area contributed by atoms with Crippen molar-refractivity contribution in [3.05, 3.63) is 66.0 Å². The molecule has 1 aromatic carbocycles. The molecule has 6 nitrogen and oxygen atoms in total. The Morgan fingerprint density at radius 2 is 1.76 bits per heavy atom. The maximum atomic E-state index is 13.3. The number of hydrogen-bond donors (Lipinski definition) is 1. The molecule has 3 rings (SSSR count). The van der Waals surface area contributed by atoms with Crippen molar-refractivity contribution in [3.8, 4) is 0 Å². The van der Waals surface area contributed by atoms with E-state index in [9.17, 15) is 18.4 Å². The number of piperidine rings is 1. The summed E-state index contributed by atoms with van der Waals surface area (Å²) in [6.45, 7) is 5.55. The van der Waals surface area contributed by atoms with Crippen LogP contribution < -0.4 is 5.73 Å². The van der Waals surface area contributed by atoms with Crippen molar-refractivity contribution in [1.82, 2.24) is 14.7 Å². The molecular formula is C21H26F2N4O2. The summed E-state index contributed by atoms with van der Waals surface area (Å²) < 4.78 is 28.3. The van der Waals surface area contributed by atoms with Crippen LogP contribution in [0.2, 0.25) is 0 Å². The number of carbonyl (C=O) groups is 2. The van der Waals surface area contributed by atoms with Crippen LogP contribution in [0, 0.1) is 0 Å². The fourth-order valence-electron chi connectivity index (χ4n) is 3.20. The quantitative estimate of drug-likeness (QED) is 0.613. The van der Waals surface area contributed by atoms with Gasteiger partial charge in [0.25, 0.3) is 5.92 Å². The summed E-state index contributed by atoms with van der Waals surface area (Å²) in [5.74, 6) is -3.32. The summed E-state index contributed by atoms with van der Waals surface area (Å²) in [5, 5.41) is 4.37. The first-order chi connectivity index (χ1) is 13.8. The standard InChI is InChI=1S/C20H21F2N3O2.CH5N/c1-3-18(26)24-11-8-16(9-12-24)25-13-10-17(23-25)19(27)14-4-6-15(7-5-14)20(2,21)22;1-2/h3-7,10,13,16H,1,8-9,11-12H2,2H3;2H2,1H3. The first-order valence-electron chi connectivity index (χ1n) is 9.37. The smallest absolute Gasteiger partial charge is 0.270 e. The van der Waals surface area contributed by atoms with E-state index in [0.29, 0.717) is 18.7 Å². The van der Waals surface area contributed by atoms with Gasteiger partial charge in [-0.2, -0.15) is 5.10 Å². The second-order valence-corrected chi connectivity index (χ2v) is 6.74. The van der Waals surface area contributed by atoms with E-state index >= 15 is 0 Å². The number of halogens is 2. The van der Waals surface area contributed by atoms with Gasteiger partial charge < -0.3 is 10.6 Å². The highest BCUT2D eigenvalue weighted by molar-refractivity contribution is 6.07. The second-order valence-electron chi connectivity index (χ2n) is 6.74. The lowest BCUT2D eigenvalue weighted by Gasteiger charge is -2.31. The van der Waals surface area contributed by atoms with E-state index in [-0.39, 0.29) is 29.0 Å². The highest BCUT2D eigenvalue weighted by atomic mass is 19.3. The van der Waals surface area contributed by atoms with Gasteiger partial charge in [-0.1, -0.05) is 30.8 Å². The summed E-state index contributed by atoms with van der Waals surface area (Å²) in [6.07, 6.45) is 4.55. The fourth-order valence-corrected chi connectivity index (χ4v) is 3.20. The van der Waals surface area contributed by atoms with Gasteiger partial charge in [-0.15, -0.1) is 0 Å². The van der Waals surface area contributed by atoms with Crippen LogP contribution in [0.1, 0.15) is 47.4 Å². The average molecular weight is 404 g/mol. The minimum Gasteiger partial charge on any atom is -0.339 e. The molecule has 2 aromatic rings. The lowest BCUT2D eigenvalue weighted by molar-refractivity contribution is -0.127. The Balaban J connectivity index is 0.00000145. The molecule has 1 aliphatic heterocycles. The molecule has 0 saturated carbocycles. The van der Waals surface area contributed by atoms with E-state index in [4.69, 9.17) is 0 Å². The van der Waals surface area contributed by atoms with Gasteiger partial charge in [0.15, 0.2) is 0 Å². The number of likely N-dealkylation sites (tertiary alicyclic amines) is 1. The predicted molar refractivity (Wildman–Crippen MR) is 107 cm³/mol. The molecule has 8 heteroatoms. The predicted octanol–water partition coefficient (Wildman–Crippen LogP) is 3.15. The zero-order chi connectivity index (χ0) is 21.6. The largest absolute Gasteiger partial charge is 0.339 e. The van der Waals surface area contributed by atoms with Gasteiger partial charge in [0.1, 0.15) is 5.69 Å². The Morgan fingerprint density at radius 1 is 1.17 bits per heavy atom. The molecular weight excluding hydrogens is 378 g/mol. The van der Waals surface area contributed by atoms with Crippen LogP contribution in [-0.2, 0) is 10.7 Å². The van der Waals surface area contributed by atoms with E-state index in [0.717, 1.165) is 19.8 Å². The van der Waals surface area contributed by atoms with Crippen molar-refractivity contribution in [3.63, 3.8) is 0 Å². The molecule has 0 radical (unpaired) electrons. The number of nitrogens with zero attached hydrogens (tertiary/aromatic N) is 3.